The molecule has 1 aromatic rings. The van der Waals surface area contributed by atoms with Crippen LogP contribution in [0.15, 0.2) is 40.3 Å². The summed E-state index contributed by atoms with van der Waals surface area (Å²) in [7, 11) is 0. The Labute approximate surface area is 128 Å². The summed E-state index contributed by atoms with van der Waals surface area (Å²) >= 11 is 0. The Hall–Kier alpha value is -2.06. The largest absolute Gasteiger partial charge is 0.443 e. The van der Waals surface area contributed by atoms with E-state index in [-0.39, 0.29) is 6.54 Å². The quantitative estimate of drug-likeness (QED) is 0.745. The van der Waals surface area contributed by atoms with Crippen molar-refractivity contribution >= 4 is 11.7 Å². The fraction of sp³-hybridized carbons (Fsp3) is 0.429. The second-order valence-electron chi connectivity index (χ2n) is 5.06. The fourth-order valence-electron chi connectivity index (χ4n) is 2.26. The van der Waals surface area contributed by atoms with E-state index in [4.69, 9.17) is 0 Å². The minimum absolute atomic E-state index is 0.0807. The molecule has 0 radical (unpaired) electrons. The first-order valence-corrected chi connectivity index (χ1v) is 6.56. The number of rotatable bonds is 2. The van der Waals surface area contributed by atoms with Gasteiger partial charge in [0.05, 0.1) is 6.54 Å². The highest BCUT2D eigenvalue weighted by atomic mass is 19.4. The highest BCUT2D eigenvalue weighted by molar-refractivity contribution is 6.00. The molecule has 0 saturated heterocycles. The molecule has 0 aliphatic carbocycles. The molecule has 3 nitrogen and oxygen atoms in total. The molecule has 1 aromatic carbocycles. The van der Waals surface area contributed by atoms with Crippen LogP contribution in [0.1, 0.15) is 19.4 Å². The van der Waals surface area contributed by atoms with E-state index in [0.717, 1.165) is 13.8 Å². The first kappa shape index (κ1) is 17.3. The van der Waals surface area contributed by atoms with Gasteiger partial charge in [0.15, 0.2) is 0 Å². The molecule has 0 amide bonds. The number of aliphatic imine (C=N–C) groups is 2. The Morgan fingerprint density at radius 3 is 1.70 bits per heavy atom. The maximum absolute atomic E-state index is 13.0. The van der Waals surface area contributed by atoms with Crippen molar-refractivity contribution < 1.29 is 26.3 Å². The molecule has 126 valence electrons. The van der Waals surface area contributed by atoms with Gasteiger partial charge in [0, 0.05) is 0 Å². The van der Waals surface area contributed by atoms with Crippen LogP contribution in [0.3, 0.4) is 0 Å². The van der Waals surface area contributed by atoms with Crippen LogP contribution < -0.4 is 0 Å². The van der Waals surface area contributed by atoms with Crippen molar-refractivity contribution in [2.75, 3.05) is 0 Å². The molecule has 0 bridgehead atoms. The lowest BCUT2D eigenvalue weighted by Gasteiger charge is -2.38. The molecule has 0 fully saturated rings. The third kappa shape index (κ3) is 3.04. The normalized spacial score (nSPS) is 18.5. The van der Waals surface area contributed by atoms with E-state index in [2.05, 4.69) is 9.98 Å². The van der Waals surface area contributed by atoms with E-state index in [9.17, 15) is 26.3 Å². The molecule has 0 unspecified atom stereocenters. The van der Waals surface area contributed by atoms with Gasteiger partial charge >= 0.3 is 18.0 Å². The average molecular weight is 337 g/mol. The molecule has 0 aromatic heterocycles. The molecule has 0 atom stereocenters. The molecule has 0 spiro atoms. The molecule has 0 N–H and O–H groups in total. The number of hydrogen-bond acceptors (Lipinski definition) is 3. The van der Waals surface area contributed by atoms with Crippen LogP contribution in [-0.4, -0.2) is 34.6 Å². The summed E-state index contributed by atoms with van der Waals surface area (Å²) in [4.78, 5) is 6.99. The van der Waals surface area contributed by atoms with Crippen molar-refractivity contribution in [3.63, 3.8) is 0 Å². The van der Waals surface area contributed by atoms with Crippen molar-refractivity contribution in [1.82, 2.24) is 4.90 Å². The fourth-order valence-corrected chi connectivity index (χ4v) is 2.26. The van der Waals surface area contributed by atoms with Crippen LogP contribution in [0.4, 0.5) is 26.3 Å². The van der Waals surface area contributed by atoms with E-state index in [1.807, 2.05) is 0 Å². The predicted molar refractivity (Wildman–Crippen MR) is 73.0 cm³/mol. The van der Waals surface area contributed by atoms with Gasteiger partial charge in [-0.25, -0.2) is 9.98 Å². The summed E-state index contributed by atoms with van der Waals surface area (Å²) in [5.41, 5.74) is -3.73. The standard InChI is InChI=1S/C14H13F6N3/c1-9-21-12(13(15,16)17,14(18,19)20)22-10(2)23(9)8-11-6-4-3-5-7-11/h3-7H,8H2,1-2H3. The van der Waals surface area contributed by atoms with Gasteiger partial charge in [-0.2, -0.15) is 26.3 Å². The van der Waals surface area contributed by atoms with Crippen LogP contribution in [0.5, 0.6) is 0 Å². The predicted octanol–water partition coefficient (Wildman–Crippen LogP) is 4.16. The van der Waals surface area contributed by atoms with Crippen LogP contribution in [0, 0.1) is 0 Å². The van der Waals surface area contributed by atoms with Gasteiger partial charge in [-0.3, -0.25) is 0 Å². The molecule has 9 heteroatoms. The molecule has 23 heavy (non-hydrogen) atoms. The van der Waals surface area contributed by atoms with E-state index in [1.54, 1.807) is 30.3 Å². The number of alkyl halides is 6. The summed E-state index contributed by atoms with van der Waals surface area (Å²) in [5, 5.41) is 0. The molecule has 1 aliphatic rings. The number of hydrogen-bond donors (Lipinski definition) is 0. The van der Waals surface area contributed by atoms with Crippen LogP contribution >= 0.6 is 0 Å². The number of amidine groups is 2. The van der Waals surface area contributed by atoms with Crippen molar-refractivity contribution in [1.29, 1.82) is 0 Å². The Morgan fingerprint density at radius 2 is 1.30 bits per heavy atom. The summed E-state index contributed by atoms with van der Waals surface area (Å²) in [6, 6.07) is 8.59. The number of halogens is 6. The van der Waals surface area contributed by atoms with Crippen molar-refractivity contribution in [3.8, 4) is 0 Å². The topological polar surface area (TPSA) is 28.0 Å². The average Bonchev–Trinajstić information content (AvgIpc) is 2.41. The Morgan fingerprint density at radius 1 is 0.870 bits per heavy atom. The summed E-state index contributed by atoms with van der Waals surface area (Å²) in [6.07, 6.45) is -11.3. The highest BCUT2D eigenvalue weighted by Gasteiger charge is 2.73. The zero-order valence-electron chi connectivity index (χ0n) is 12.2. The van der Waals surface area contributed by atoms with Crippen molar-refractivity contribution in [2.45, 2.75) is 38.4 Å². The lowest BCUT2D eigenvalue weighted by Crippen LogP contribution is -2.58. The van der Waals surface area contributed by atoms with Gasteiger partial charge in [-0.05, 0) is 19.4 Å². The first-order chi connectivity index (χ1) is 10.5. The van der Waals surface area contributed by atoms with E-state index in [0.29, 0.717) is 5.56 Å². The zero-order valence-corrected chi connectivity index (χ0v) is 12.2. The minimum atomic E-state index is -5.67. The Kier molecular flexibility index (Phi) is 4.16. The van der Waals surface area contributed by atoms with E-state index in [1.165, 1.54) is 4.90 Å². The van der Waals surface area contributed by atoms with Gasteiger partial charge < -0.3 is 4.90 Å². The van der Waals surface area contributed by atoms with Crippen molar-refractivity contribution in [2.24, 2.45) is 9.98 Å². The monoisotopic (exact) mass is 337 g/mol. The summed E-state index contributed by atoms with van der Waals surface area (Å²) < 4.78 is 78.2. The van der Waals surface area contributed by atoms with Gasteiger partial charge in [0.25, 0.3) is 0 Å². The van der Waals surface area contributed by atoms with Gasteiger partial charge in [-0.1, -0.05) is 30.3 Å². The summed E-state index contributed by atoms with van der Waals surface area (Å²) in [5.74, 6) is -0.785. The van der Waals surface area contributed by atoms with E-state index >= 15 is 0 Å². The molecule has 1 aliphatic heterocycles. The van der Waals surface area contributed by atoms with Crippen LogP contribution in [0.25, 0.3) is 0 Å². The third-order valence-electron chi connectivity index (χ3n) is 3.40. The Balaban J connectivity index is 2.44. The minimum Gasteiger partial charge on any atom is -0.314 e. The van der Waals surface area contributed by atoms with Gasteiger partial charge in [-0.15, -0.1) is 0 Å². The second kappa shape index (κ2) is 5.54. The third-order valence-corrected chi connectivity index (χ3v) is 3.40. The molecular formula is C14H13F6N3. The molecule has 1 heterocycles. The van der Waals surface area contributed by atoms with Gasteiger partial charge in [0.1, 0.15) is 11.7 Å². The second-order valence-corrected chi connectivity index (χ2v) is 5.06. The molecule has 2 rings (SSSR count). The molecular weight excluding hydrogens is 324 g/mol. The maximum Gasteiger partial charge on any atom is 0.443 e. The van der Waals surface area contributed by atoms with E-state index < -0.39 is 29.7 Å². The Bertz CT molecular complexity index is 594. The first-order valence-electron chi connectivity index (χ1n) is 6.56. The maximum atomic E-state index is 13.0. The number of benzene rings is 1. The van der Waals surface area contributed by atoms with Crippen molar-refractivity contribution in [3.05, 3.63) is 35.9 Å². The highest BCUT2D eigenvalue weighted by Crippen LogP contribution is 2.48. The smallest absolute Gasteiger partial charge is 0.314 e. The SMILES string of the molecule is CC1=NC(C(F)(F)F)(C(F)(F)F)N=C(C)N1Cc1ccccc1. The lowest BCUT2D eigenvalue weighted by molar-refractivity contribution is -0.293. The molecule has 0 saturated carbocycles. The lowest BCUT2D eigenvalue weighted by atomic mass is 10.1. The number of nitrogens with zero attached hydrogens (tertiary/aromatic N) is 3. The zero-order chi connectivity index (χ0) is 17.5. The van der Waals surface area contributed by atoms with Crippen LogP contribution in [0.2, 0.25) is 0 Å². The summed E-state index contributed by atoms with van der Waals surface area (Å²) in [6.45, 7) is 2.29. The van der Waals surface area contributed by atoms with Crippen LogP contribution in [-0.2, 0) is 6.54 Å². The van der Waals surface area contributed by atoms with Gasteiger partial charge in [0.2, 0.25) is 0 Å².